The quantitative estimate of drug-likeness (QED) is 0.166. The second-order valence-corrected chi connectivity index (χ2v) is 22.9. The number of thiazole rings is 1. The molecule has 8 rings (SSSR count). The molecule has 2 aliphatic rings. The summed E-state index contributed by atoms with van der Waals surface area (Å²) in [6, 6.07) is 39.9. The first-order chi connectivity index (χ1) is 26.9. The molecule has 0 bridgehead atoms. The topological polar surface area (TPSA) is 19.4 Å². The summed E-state index contributed by atoms with van der Waals surface area (Å²) in [4.78, 5) is 10.8. The van der Waals surface area contributed by atoms with Crippen LogP contribution in [0.25, 0.3) is 10.6 Å². The van der Waals surface area contributed by atoms with E-state index in [-0.39, 0.29) is 33.8 Å². The maximum absolute atomic E-state index is 5.73. The highest BCUT2D eigenvalue weighted by atomic mass is 32.1. The minimum absolute atomic E-state index is 0.0201. The largest absolute Gasteiger partial charge is 0.311 e. The standard InChI is InChI=1S/C53H62BN3S/c1-49(2,3)34-18-16-33(17-19-34)47-55-46-48(58-47)57(40-27-22-36(23-28-40)51(7,8)9)44-32-38(53(13,14)15)31-43-45(44)54(46)41-30-37(52(10,11)12)24-29-42(41)56(43)39-25-20-35(21-26-39)50(4,5)6/h16-32H,1-15H3. The molecule has 6 aromatic rings. The Kier molecular flexibility index (Phi) is 9.33. The van der Waals surface area contributed by atoms with Crippen molar-refractivity contribution in [2.75, 3.05) is 9.80 Å². The Labute approximate surface area is 353 Å². The molecule has 3 heterocycles. The Morgan fingerprint density at radius 1 is 0.431 bits per heavy atom. The van der Waals surface area contributed by atoms with Crippen LogP contribution in [0.15, 0.2) is 103 Å². The molecule has 0 N–H and O–H groups in total. The summed E-state index contributed by atoms with van der Waals surface area (Å²) >= 11 is 1.83. The molecule has 2 aliphatic heterocycles. The number of hydrogen-bond donors (Lipinski definition) is 0. The van der Waals surface area contributed by atoms with E-state index >= 15 is 0 Å². The van der Waals surface area contributed by atoms with Crippen molar-refractivity contribution in [1.29, 1.82) is 0 Å². The van der Waals surface area contributed by atoms with Gasteiger partial charge in [0.2, 0.25) is 0 Å². The second kappa shape index (κ2) is 13.5. The Balaban J connectivity index is 1.46. The predicted octanol–water partition coefficient (Wildman–Crippen LogP) is 13.4. The smallest absolute Gasteiger partial charge is 0.276 e. The SMILES string of the molecule is CC(C)(C)c1ccc(-c2nc3c(s2)N(c2ccc(C(C)(C)C)cc2)c2cc(C(C)(C)C)cc4c2B3c2cc(C(C)(C)C)ccc2N4c2ccc(C(C)(C)C)cc2)cc1. The molecule has 0 saturated heterocycles. The number of hydrogen-bond acceptors (Lipinski definition) is 4. The summed E-state index contributed by atoms with van der Waals surface area (Å²) in [5.41, 5.74) is 17.7. The van der Waals surface area contributed by atoms with Crippen LogP contribution in [0.1, 0.15) is 132 Å². The fourth-order valence-electron chi connectivity index (χ4n) is 8.52. The van der Waals surface area contributed by atoms with Gasteiger partial charge in [-0.2, -0.15) is 0 Å². The van der Waals surface area contributed by atoms with Crippen molar-refractivity contribution in [3.05, 3.63) is 131 Å². The molecule has 0 unspecified atom stereocenters. The van der Waals surface area contributed by atoms with Crippen molar-refractivity contribution in [2.24, 2.45) is 0 Å². The van der Waals surface area contributed by atoms with Crippen LogP contribution in [0.5, 0.6) is 0 Å². The van der Waals surface area contributed by atoms with E-state index in [2.05, 4.69) is 217 Å². The van der Waals surface area contributed by atoms with Crippen LogP contribution < -0.4 is 26.3 Å². The summed E-state index contributed by atoms with van der Waals surface area (Å²) in [5, 5.41) is 2.25. The Morgan fingerprint density at radius 3 is 1.31 bits per heavy atom. The Hall–Kier alpha value is -4.61. The number of benzene rings is 5. The number of anilines is 6. The van der Waals surface area contributed by atoms with Gasteiger partial charge in [-0.05, 0) is 108 Å². The third kappa shape index (κ3) is 7.02. The third-order valence-electron chi connectivity index (χ3n) is 12.3. The maximum Gasteiger partial charge on any atom is 0.276 e. The van der Waals surface area contributed by atoms with Gasteiger partial charge in [0.15, 0.2) is 0 Å². The van der Waals surface area contributed by atoms with Gasteiger partial charge < -0.3 is 9.80 Å². The molecule has 0 spiro atoms. The molecule has 58 heavy (non-hydrogen) atoms. The first-order valence-corrected chi connectivity index (χ1v) is 22.0. The van der Waals surface area contributed by atoms with Crippen LogP contribution >= 0.6 is 11.3 Å². The van der Waals surface area contributed by atoms with Gasteiger partial charge in [0, 0.05) is 34.0 Å². The van der Waals surface area contributed by atoms with Gasteiger partial charge in [0.1, 0.15) is 10.0 Å². The summed E-state index contributed by atoms with van der Waals surface area (Å²) in [6.45, 7) is 34.6. The molecular weight excluding hydrogens is 721 g/mol. The van der Waals surface area contributed by atoms with Crippen LogP contribution in [-0.2, 0) is 27.1 Å². The molecule has 0 saturated carbocycles. The highest BCUT2D eigenvalue weighted by Gasteiger charge is 2.47. The van der Waals surface area contributed by atoms with Crippen molar-refractivity contribution in [3.8, 4) is 10.6 Å². The van der Waals surface area contributed by atoms with Gasteiger partial charge >= 0.3 is 0 Å². The van der Waals surface area contributed by atoms with Gasteiger partial charge in [-0.3, -0.25) is 0 Å². The second-order valence-electron chi connectivity index (χ2n) is 21.9. The van der Waals surface area contributed by atoms with Crippen molar-refractivity contribution >= 4 is 68.0 Å². The minimum Gasteiger partial charge on any atom is -0.311 e. The molecule has 1 aromatic heterocycles. The average molecular weight is 784 g/mol. The lowest BCUT2D eigenvalue weighted by molar-refractivity contribution is 0.589. The zero-order valence-electron chi connectivity index (χ0n) is 37.6. The predicted molar refractivity (Wildman–Crippen MR) is 255 cm³/mol. The summed E-state index contributed by atoms with van der Waals surface area (Å²) in [6.07, 6.45) is 0. The van der Waals surface area contributed by atoms with Gasteiger partial charge in [-0.25, -0.2) is 4.98 Å². The number of fused-ring (bicyclic) bond motifs is 4. The highest BCUT2D eigenvalue weighted by Crippen LogP contribution is 2.49. The molecule has 0 amide bonds. The fourth-order valence-corrected chi connectivity index (χ4v) is 9.66. The van der Waals surface area contributed by atoms with Crippen molar-refractivity contribution < 1.29 is 0 Å². The third-order valence-corrected chi connectivity index (χ3v) is 13.4. The molecule has 0 fully saturated rings. The first kappa shape index (κ1) is 40.2. The highest BCUT2D eigenvalue weighted by molar-refractivity contribution is 7.22. The van der Waals surface area contributed by atoms with E-state index in [0.29, 0.717) is 0 Å². The zero-order valence-corrected chi connectivity index (χ0v) is 38.5. The molecular formula is C53H62BN3S. The molecule has 0 radical (unpaired) electrons. The molecule has 5 aromatic carbocycles. The van der Waals surface area contributed by atoms with E-state index in [1.807, 2.05) is 11.3 Å². The van der Waals surface area contributed by atoms with Crippen molar-refractivity contribution in [2.45, 2.75) is 131 Å². The molecule has 5 heteroatoms. The minimum atomic E-state index is -0.0884. The summed E-state index contributed by atoms with van der Waals surface area (Å²) in [7, 11) is 0. The molecule has 3 nitrogen and oxygen atoms in total. The number of aromatic nitrogens is 1. The monoisotopic (exact) mass is 783 g/mol. The maximum atomic E-state index is 5.73. The van der Waals surface area contributed by atoms with Crippen molar-refractivity contribution in [1.82, 2.24) is 4.98 Å². The Bertz CT molecular complexity index is 2510. The normalized spacial score (nSPS) is 14.4. The lowest BCUT2D eigenvalue weighted by Crippen LogP contribution is -2.62. The van der Waals surface area contributed by atoms with Crippen LogP contribution in [0.3, 0.4) is 0 Å². The summed E-state index contributed by atoms with van der Waals surface area (Å²) in [5.74, 6) is 0. The van der Waals surface area contributed by atoms with E-state index < -0.39 is 0 Å². The number of nitrogens with zero attached hydrogens (tertiary/aromatic N) is 3. The van der Waals surface area contributed by atoms with Gasteiger partial charge in [0.05, 0.1) is 5.59 Å². The first-order valence-electron chi connectivity index (χ1n) is 21.2. The van der Waals surface area contributed by atoms with E-state index in [1.165, 1.54) is 66.5 Å². The molecule has 0 aliphatic carbocycles. The van der Waals surface area contributed by atoms with Crippen LogP contribution in [0.4, 0.5) is 33.4 Å². The Morgan fingerprint density at radius 2 is 0.845 bits per heavy atom. The zero-order chi connectivity index (χ0) is 41.9. The average Bonchev–Trinajstić information content (AvgIpc) is 3.58. The van der Waals surface area contributed by atoms with Gasteiger partial charge in [-0.1, -0.05) is 176 Å². The van der Waals surface area contributed by atoms with E-state index in [9.17, 15) is 0 Å². The van der Waals surface area contributed by atoms with Crippen LogP contribution in [0.2, 0.25) is 0 Å². The van der Waals surface area contributed by atoms with Gasteiger partial charge in [-0.15, -0.1) is 0 Å². The summed E-state index contributed by atoms with van der Waals surface area (Å²) < 4.78 is 0. The van der Waals surface area contributed by atoms with Crippen LogP contribution in [0, 0.1) is 0 Å². The van der Waals surface area contributed by atoms with Crippen LogP contribution in [-0.4, -0.2) is 11.7 Å². The fraction of sp³-hybridized carbons (Fsp3) is 0.377. The lowest BCUT2D eigenvalue weighted by Gasteiger charge is -2.44. The van der Waals surface area contributed by atoms with E-state index in [4.69, 9.17) is 4.98 Å². The van der Waals surface area contributed by atoms with E-state index in [0.717, 1.165) is 21.9 Å². The number of rotatable bonds is 3. The van der Waals surface area contributed by atoms with Crippen molar-refractivity contribution in [3.63, 3.8) is 0 Å². The lowest BCUT2D eigenvalue weighted by atomic mass is 9.35. The van der Waals surface area contributed by atoms with E-state index in [1.54, 1.807) is 0 Å². The molecule has 0 atom stereocenters. The molecule has 298 valence electrons. The van der Waals surface area contributed by atoms with Gasteiger partial charge in [0.25, 0.3) is 6.71 Å².